The molecule has 0 saturated heterocycles. The molecule has 0 aliphatic heterocycles. The van der Waals surface area contributed by atoms with Gasteiger partial charge in [0, 0.05) is 36.9 Å². The average molecular weight is 480 g/mol. The van der Waals surface area contributed by atoms with Crippen LogP contribution in [-0.2, 0) is 16.6 Å². The van der Waals surface area contributed by atoms with Crippen LogP contribution in [0, 0.1) is 5.82 Å². The lowest BCUT2D eigenvalue weighted by atomic mass is 9.91. The van der Waals surface area contributed by atoms with E-state index in [1.54, 1.807) is 6.20 Å². The highest BCUT2D eigenvalue weighted by molar-refractivity contribution is 7.15. The van der Waals surface area contributed by atoms with Crippen LogP contribution in [0.4, 0.5) is 15.2 Å². The Morgan fingerprint density at radius 3 is 2.71 bits per heavy atom. The number of amides is 1. The minimum Gasteiger partial charge on any atom is -0.301 e. The smallest absolute Gasteiger partial charge is 0.236 e. The van der Waals surface area contributed by atoms with Gasteiger partial charge in [-0.15, -0.1) is 11.3 Å². The molecule has 6 nitrogen and oxygen atoms in total. The molecule has 1 N–H and O–H groups in total. The van der Waals surface area contributed by atoms with Crippen LogP contribution >= 0.6 is 11.3 Å². The Morgan fingerprint density at radius 2 is 2.06 bits per heavy atom. The van der Waals surface area contributed by atoms with E-state index >= 15 is 4.39 Å². The predicted molar refractivity (Wildman–Crippen MR) is 137 cm³/mol. The van der Waals surface area contributed by atoms with Crippen molar-refractivity contribution in [3.8, 4) is 11.1 Å². The highest BCUT2D eigenvalue weighted by Gasteiger charge is 2.51. The Balaban J connectivity index is 1.68. The molecule has 1 aliphatic carbocycles. The minimum absolute atomic E-state index is 0.0396. The van der Waals surface area contributed by atoms with Gasteiger partial charge in [0.05, 0.1) is 23.8 Å². The van der Waals surface area contributed by atoms with Gasteiger partial charge in [0.25, 0.3) is 0 Å². The third kappa shape index (κ3) is 4.74. The van der Waals surface area contributed by atoms with Gasteiger partial charge in [-0.2, -0.15) is 0 Å². The number of aromatic nitrogens is 2. The Labute approximate surface area is 204 Å². The molecule has 3 aromatic rings. The number of halogens is 1. The number of hydrogen-bond acceptors (Lipinski definition) is 6. The van der Waals surface area contributed by atoms with E-state index in [4.69, 9.17) is 0 Å². The lowest BCUT2D eigenvalue weighted by Gasteiger charge is -2.32. The van der Waals surface area contributed by atoms with Crippen LogP contribution < -0.4 is 10.3 Å². The fourth-order valence-electron chi connectivity index (χ4n) is 4.06. The van der Waals surface area contributed by atoms with Crippen LogP contribution in [-0.4, -0.2) is 41.5 Å². The van der Waals surface area contributed by atoms with Crippen LogP contribution in [0.5, 0.6) is 0 Å². The molecule has 1 aromatic carbocycles. The van der Waals surface area contributed by atoms with E-state index < -0.39 is 11.2 Å². The maximum atomic E-state index is 15.1. The molecule has 8 heteroatoms. The molecule has 1 fully saturated rings. The lowest BCUT2D eigenvalue weighted by Crippen LogP contribution is -2.38. The van der Waals surface area contributed by atoms with Crippen LogP contribution in [0.2, 0.25) is 0 Å². The highest BCUT2D eigenvalue weighted by Crippen LogP contribution is 2.50. The van der Waals surface area contributed by atoms with Crippen molar-refractivity contribution >= 4 is 28.1 Å². The quantitative estimate of drug-likeness (QED) is 0.327. The molecular weight excluding hydrogens is 449 g/mol. The zero-order chi connectivity index (χ0) is 24.3. The summed E-state index contributed by atoms with van der Waals surface area (Å²) in [7, 11) is 3.77. The first-order chi connectivity index (χ1) is 16.4. The molecule has 0 atom stereocenters. The van der Waals surface area contributed by atoms with E-state index in [0.29, 0.717) is 22.9 Å². The number of benzene rings is 1. The van der Waals surface area contributed by atoms with Crippen molar-refractivity contribution in [1.82, 2.24) is 15.0 Å². The number of anilines is 2. The molecule has 0 bridgehead atoms. The van der Waals surface area contributed by atoms with Crippen LogP contribution in [0.3, 0.4) is 0 Å². The summed E-state index contributed by atoms with van der Waals surface area (Å²) in [5.41, 5.74) is 2.31. The minimum atomic E-state index is -0.582. The summed E-state index contributed by atoms with van der Waals surface area (Å²) in [4.78, 5) is 22.8. The molecule has 0 spiro atoms. The van der Waals surface area contributed by atoms with Gasteiger partial charge in [0.2, 0.25) is 5.91 Å². The summed E-state index contributed by atoms with van der Waals surface area (Å²) in [5.74, 6) is -0.433. The fourth-order valence-corrected chi connectivity index (χ4v) is 4.81. The van der Waals surface area contributed by atoms with Crippen molar-refractivity contribution in [2.45, 2.75) is 38.5 Å². The van der Waals surface area contributed by atoms with Gasteiger partial charge in [0.15, 0.2) is 10.9 Å². The molecule has 1 saturated carbocycles. The normalized spacial score (nSPS) is 14.5. The fraction of sp³-hybridized carbons (Fsp3) is 0.346. The third-order valence-corrected chi connectivity index (χ3v) is 7.22. The predicted octanol–water partition coefficient (Wildman–Crippen LogP) is 5.44. The van der Waals surface area contributed by atoms with Gasteiger partial charge >= 0.3 is 0 Å². The van der Waals surface area contributed by atoms with E-state index in [-0.39, 0.29) is 5.91 Å². The van der Waals surface area contributed by atoms with Gasteiger partial charge < -0.3 is 5.32 Å². The van der Waals surface area contributed by atoms with Crippen LogP contribution in [0.1, 0.15) is 37.1 Å². The van der Waals surface area contributed by atoms with Crippen molar-refractivity contribution in [2.24, 2.45) is 0 Å². The van der Waals surface area contributed by atoms with Gasteiger partial charge in [-0.1, -0.05) is 37.3 Å². The first-order valence-corrected chi connectivity index (χ1v) is 12.3. The lowest BCUT2D eigenvalue weighted by molar-refractivity contribution is -0.118. The molecule has 1 amide bonds. The van der Waals surface area contributed by atoms with Crippen LogP contribution in [0.15, 0.2) is 55.0 Å². The van der Waals surface area contributed by atoms with Crippen molar-refractivity contribution in [3.63, 3.8) is 0 Å². The number of carbonyl (C=O) groups is 1. The van der Waals surface area contributed by atoms with E-state index in [0.717, 1.165) is 35.3 Å². The largest absolute Gasteiger partial charge is 0.301 e. The number of thiazole rings is 1. The summed E-state index contributed by atoms with van der Waals surface area (Å²) in [6.45, 7) is 4.53. The SMILES string of the molecule is C/C=C/CN(c1c(F)cncc1-c1cccc(C2(C(=O)Nc3ncc(CC)s3)CC2)c1)N(C)C. The second-order valence-electron chi connectivity index (χ2n) is 8.62. The summed E-state index contributed by atoms with van der Waals surface area (Å²) in [6.07, 6.45) is 11.1. The summed E-state index contributed by atoms with van der Waals surface area (Å²) in [5, 5.41) is 7.37. The molecular formula is C26H30FN5OS. The second-order valence-corrected chi connectivity index (χ2v) is 9.73. The summed E-state index contributed by atoms with van der Waals surface area (Å²) in [6, 6.07) is 7.84. The number of allylic oxidation sites excluding steroid dienone is 1. The standard InChI is InChI=1S/C26H30FN5OS/c1-5-7-13-32(31(3)4)23-21(16-28-17-22(23)27)18-9-8-10-19(14-18)26(11-12-26)24(33)30-25-29-15-20(6-2)34-25/h5,7-10,14-17H,6,11-13H2,1-4H3,(H,29,30,33)/b7-5+. The van der Waals surface area contributed by atoms with Gasteiger partial charge in [-0.25, -0.2) is 14.4 Å². The van der Waals surface area contributed by atoms with Crippen molar-refractivity contribution in [2.75, 3.05) is 31.0 Å². The van der Waals surface area contributed by atoms with Crippen molar-refractivity contribution in [3.05, 3.63) is 71.3 Å². The van der Waals surface area contributed by atoms with Gasteiger partial charge in [-0.05, 0) is 43.4 Å². The number of hydrazine groups is 1. The Hall–Kier alpha value is -3.10. The molecule has 34 heavy (non-hydrogen) atoms. The molecule has 2 aromatic heterocycles. The van der Waals surface area contributed by atoms with Gasteiger partial charge in [-0.3, -0.25) is 14.8 Å². The number of hydrogen-bond donors (Lipinski definition) is 1. The number of aryl methyl sites for hydroxylation is 1. The third-order valence-electron chi connectivity index (χ3n) is 6.16. The molecule has 1 aliphatic rings. The van der Waals surface area contributed by atoms with E-state index in [1.807, 2.05) is 73.7 Å². The van der Waals surface area contributed by atoms with Crippen molar-refractivity contribution in [1.29, 1.82) is 0 Å². The number of pyridine rings is 1. The number of nitrogens with one attached hydrogen (secondary N) is 1. The number of carbonyl (C=O) groups excluding carboxylic acids is 1. The molecule has 2 heterocycles. The zero-order valence-electron chi connectivity index (χ0n) is 20.0. The molecule has 178 valence electrons. The summed E-state index contributed by atoms with van der Waals surface area (Å²) < 4.78 is 15.1. The Kier molecular flexibility index (Phi) is 7.09. The summed E-state index contributed by atoms with van der Waals surface area (Å²) >= 11 is 1.51. The maximum Gasteiger partial charge on any atom is 0.236 e. The van der Waals surface area contributed by atoms with E-state index in [1.165, 1.54) is 17.5 Å². The van der Waals surface area contributed by atoms with E-state index in [2.05, 4.69) is 22.2 Å². The maximum absolute atomic E-state index is 15.1. The molecule has 4 rings (SSSR count). The average Bonchev–Trinajstić information content (AvgIpc) is 3.53. The number of nitrogens with zero attached hydrogens (tertiary/aromatic N) is 4. The van der Waals surface area contributed by atoms with E-state index in [9.17, 15) is 4.79 Å². The zero-order valence-corrected chi connectivity index (χ0v) is 20.8. The molecule has 0 unspecified atom stereocenters. The molecule has 0 radical (unpaired) electrons. The highest BCUT2D eigenvalue weighted by atomic mass is 32.1. The van der Waals surface area contributed by atoms with Gasteiger partial charge in [0.1, 0.15) is 0 Å². The monoisotopic (exact) mass is 479 g/mol. The van der Waals surface area contributed by atoms with Crippen molar-refractivity contribution < 1.29 is 9.18 Å². The topological polar surface area (TPSA) is 61.4 Å². The first-order valence-electron chi connectivity index (χ1n) is 11.5. The second kappa shape index (κ2) is 10.0. The Morgan fingerprint density at radius 1 is 1.26 bits per heavy atom. The first kappa shape index (κ1) is 24.0. The van der Waals surface area contributed by atoms with Crippen LogP contribution in [0.25, 0.3) is 11.1 Å². The Bertz CT molecular complexity index is 1200. The number of rotatable bonds is 9.